The van der Waals surface area contributed by atoms with E-state index >= 15 is 0 Å². The second-order valence-corrected chi connectivity index (χ2v) is 12.5. The Morgan fingerprint density at radius 1 is 1.38 bits per heavy atom. The summed E-state index contributed by atoms with van der Waals surface area (Å²) in [4.78, 5) is 49.4. The van der Waals surface area contributed by atoms with Crippen LogP contribution >= 0.6 is 58.2 Å². The molecule has 1 fully saturated rings. The number of rotatable bonds is 10. The highest BCUT2D eigenvalue weighted by Crippen LogP contribution is 2.46. The average molecular weight is 602 g/mol. The van der Waals surface area contributed by atoms with Crippen molar-refractivity contribution in [3.63, 3.8) is 0 Å². The third kappa shape index (κ3) is 5.68. The third-order valence-electron chi connectivity index (χ3n) is 5.15. The maximum atomic E-state index is 13.0. The predicted octanol–water partition coefficient (Wildman–Crippen LogP) is 1.88. The fourth-order valence-corrected chi connectivity index (χ4v) is 8.07. The number of hydrogen-bond donors (Lipinski definition) is 5. The Morgan fingerprint density at radius 3 is 2.81 bits per heavy atom. The highest BCUT2D eigenvalue weighted by Gasteiger charge is 2.54. The maximum Gasteiger partial charge on any atom is 0.353 e. The van der Waals surface area contributed by atoms with Crippen LogP contribution in [-0.4, -0.2) is 78.1 Å². The number of anilines is 1. The fraction of sp³-hybridized carbons (Fsp3) is 0.300. The zero-order valence-electron chi connectivity index (χ0n) is 18.8. The number of pyridine rings is 1. The number of nitrogens with one attached hydrogen (secondary N) is 1. The SMILES string of the molecule is NCCCSc1cnccc1SC1=C(C(=O)O)N2C(=O)[C@@H](NC(=O)/C(=N\O)c3nc(N)sc3Cl)[C@@H]2SC1. The number of oxime groups is 1. The molecule has 2 aromatic heterocycles. The van der Waals surface area contributed by atoms with Crippen LogP contribution in [0.1, 0.15) is 12.1 Å². The van der Waals surface area contributed by atoms with Gasteiger partial charge in [-0.15, -0.1) is 23.5 Å². The van der Waals surface area contributed by atoms with Crippen LogP contribution in [0.5, 0.6) is 0 Å². The Morgan fingerprint density at radius 2 is 2.16 bits per heavy atom. The van der Waals surface area contributed by atoms with Gasteiger partial charge in [-0.25, -0.2) is 9.78 Å². The molecule has 0 saturated carbocycles. The van der Waals surface area contributed by atoms with Gasteiger partial charge in [-0.2, -0.15) is 0 Å². The first kappa shape index (κ1) is 27.5. The van der Waals surface area contributed by atoms with Gasteiger partial charge in [0, 0.05) is 32.8 Å². The minimum atomic E-state index is -1.25. The Labute approximate surface area is 232 Å². The van der Waals surface area contributed by atoms with E-state index in [2.05, 4.69) is 20.4 Å². The van der Waals surface area contributed by atoms with Crippen LogP contribution in [0, 0.1) is 0 Å². The molecule has 2 atom stereocenters. The van der Waals surface area contributed by atoms with Crippen molar-refractivity contribution < 1.29 is 24.7 Å². The summed E-state index contributed by atoms with van der Waals surface area (Å²) in [5.74, 6) is -1.65. The fourth-order valence-electron chi connectivity index (χ4n) is 3.50. The Balaban J connectivity index is 1.52. The number of aliphatic carboxylic acids is 1. The van der Waals surface area contributed by atoms with Crippen LogP contribution in [-0.2, 0) is 14.4 Å². The van der Waals surface area contributed by atoms with Crippen molar-refractivity contribution in [2.75, 3.05) is 23.8 Å². The average Bonchev–Trinajstić information content (AvgIpc) is 3.20. The summed E-state index contributed by atoms with van der Waals surface area (Å²) in [6.07, 6.45) is 4.16. The molecule has 0 aromatic carbocycles. The van der Waals surface area contributed by atoms with Gasteiger partial charge in [0.1, 0.15) is 27.1 Å². The van der Waals surface area contributed by atoms with Gasteiger partial charge < -0.3 is 27.1 Å². The second kappa shape index (κ2) is 11.9. The number of thioether (sulfide) groups is 3. The van der Waals surface area contributed by atoms with E-state index in [1.807, 2.05) is 0 Å². The van der Waals surface area contributed by atoms with Gasteiger partial charge in [0.15, 0.2) is 10.8 Å². The lowest BCUT2D eigenvalue weighted by atomic mass is 10.0. The summed E-state index contributed by atoms with van der Waals surface area (Å²) < 4.78 is 0.0449. The minimum Gasteiger partial charge on any atom is -0.477 e. The second-order valence-electron chi connectivity index (χ2n) is 7.48. The number of thiazole rings is 1. The van der Waals surface area contributed by atoms with E-state index in [1.165, 1.54) is 23.5 Å². The highest BCUT2D eigenvalue weighted by molar-refractivity contribution is 8.07. The van der Waals surface area contributed by atoms with Crippen molar-refractivity contribution >= 4 is 86.9 Å². The van der Waals surface area contributed by atoms with Crippen LogP contribution in [0.4, 0.5) is 5.13 Å². The van der Waals surface area contributed by atoms with Gasteiger partial charge in [-0.3, -0.25) is 19.5 Å². The predicted molar refractivity (Wildman–Crippen MR) is 144 cm³/mol. The number of carbonyl (C=O) groups excluding carboxylic acids is 2. The standard InChI is InChI=1S/C20H20ClN7O5S4/c21-15-11(26-20(23)37-15)12(27-33)16(29)25-13-17(30)28-14(19(31)32)10(7-35-18(13)28)36-8-2-4-24-6-9(8)34-5-1-3-22/h2,4,6,13,18,33H,1,3,5,7,22H2,(H2,23,26)(H,25,29)(H,31,32)/b27-12-/t13-,18+/m1/s1. The number of nitrogens with two attached hydrogens (primary N) is 2. The van der Waals surface area contributed by atoms with Crippen LogP contribution in [0.25, 0.3) is 0 Å². The first-order valence-electron chi connectivity index (χ1n) is 10.6. The number of hydrogen-bond acceptors (Lipinski definition) is 13. The zero-order chi connectivity index (χ0) is 26.7. The topological polar surface area (TPSA) is 197 Å². The molecule has 4 rings (SSSR count). The van der Waals surface area contributed by atoms with Crippen LogP contribution < -0.4 is 16.8 Å². The molecule has 196 valence electrons. The number of carboxylic acids is 1. The van der Waals surface area contributed by atoms with Gasteiger partial charge in [-0.1, -0.05) is 39.9 Å². The molecule has 1 saturated heterocycles. The number of aromatic nitrogens is 2. The molecule has 12 nitrogen and oxygen atoms in total. The highest BCUT2D eigenvalue weighted by atomic mass is 35.5. The number of fused-ring (bicyclic) bond motifs is 1. The van der Waals surface area contributed by atoms with Crippen molar-refractivity contribution in [2.24, 2.45) is 10.9 Å². The Hall–Kier alpha value is -2.50. The molecule has 0 bridgehead atoms. The zero-order valence-corrected chi connectivity index (χ0v) is 22.8. The quantitative estimate of drug-likeness (QED) is 0.0663. The molecular formula is C20H20ClN7O5S4. The summed E-state index contributed by atoms with van der Waals surface area (Å²) in [6, 6.07) is 0.763. The number of nitrogen functional groups attached to an aromatic ring is 1. The maximum absolute atomic E-state index is 13.0. The van der Waals surface area contributed by atoms with Gasteiger partial charge >= 0.3 is 5.97 Å². The molecule has 4 heterocycles. The lowest BCUT2D eigenvalue weighted by Crippen LogP contribution is -2.71. The molecule has 2 aliphatic heterocycles. The molecule has 17 heteroatoms. The molecule has 37 heavy (non-hydrogen) atoms. The first-order chi connectivity index (χ1) is 17.8. The molecule has 2 aliphatic rings. The van der Waals surface area contributed by atoms with Crippen LogP contribution in [0.3, 0.4) is 0 Å². The number of nitrogens with zero attached hydrogens (tertiary/aromatic N) is 4. The van der Waals surface area contributed by atoms with E-state index < -0.39 is 34.9 Å². The lowest BCUT2D eigenvalue weighted by Gasteiger charge is -2.49. The van der Waals surface area contributed by atoms with E-state index in [0.717, 1.165) is 38.2 Å². The molecule has 0 spiro atoms. The largest absolute Gasteiger partial charge is 0.477 e. The van der Waals surface area contributed by atoms with Gasteiger partial charge in [-0.05, 0) is 24.8 Å². The molecule has 2 amide bonds. The molecule has 0 unspecified atom stereocenters. The van der Waals surface area contributed by atoms with Crippen molar-refractivity contribution in [2.45, 2.75) is 27.6 Å². The minimum absolute atomic E-state index is 0.0449. The monoisotopic (exact) mass is 601 g/mol. The summed E-state index contributed by atoms with van der Waals surface area (Å²) in [7, 11) is 0. The molecule has 0 aliphatic carbocycles. The van der Waals surface area contributed by atoms with E-state index in [-0.39, 0.29) is 20.9 Å². The van der Waals surface area contributed by atoms with Crippen molar-refractivity contribution in [3.8, 4) is 0 Å². The summed E-state index contributed by atoms with van der Waals surface area (Å²) in [5.41, 5.74) is 10.4. The summed E-state index contributed by atoms with van der Waals surface area (Å²) in [5, 5.41) is 24.2. The third-order valence-corrected chi connectivity index (χ3v) is 10.1. The van der Waals surface area contributed by atoms with Crippen LogP contribution in [0.15, 0.2) is 44.0 Å². The Kier molecular flexibility index (Phi) is 8.86. The van der Waals surface area contributed by atoms with E-state index in [4.69, 9.17) is 23.1 Å². The summed E-state index contributed by atoms with van der Waals surface area (Å²) >= 11 is 11.1. The van der Waals surface area contributed by atoms with Crippen molar-refractivity contribution in [1.29, 1.82) is 0 Å². The summed E-state index contributed by atoms with van der Waals surface area (Å²) in [6.45, 7) is 0.563. The first-order valence-corrected chi connectivity index (χ1v) is 14.6. The smallest absolute Gasteiger partial charge is 0.353 e. The normalized spacial score (nSPS) is 19.5. The molecule has 2 aromatic rings. The number of halogens is 1. The van der Waals surface area contributed by atoms with E-state index in [9.17, 15) is 24.7 Å². The number of amides is 2. The molecule has 0 radical (unpaired) electrons. The van der Waals surface area contributed by atoms with Gasteiger partial charge in [0.2, 0.25) is 0 Å². The van der Waals surface area contributed by atoms with Crippen molar-refractivity contribution in [3.05, 3.63) is 39.1 Å². The Bertz CT molecular complexity index is 1300. The lowest BCUT2D eigenvalue weighted by molar-refractivity contribution is -0.150. The number of β-lactam (4-membered cyclic amide) rings is 1. The van der Waals surface area contributed by atoms with Gasteiger partial charge in [0.25, 0.3) is 11.8 Å². The number of carbonyl (C=O) groups is 3. The van der Waals surface area contributed by atoms with Crippen molar-refractivity contribution in [1.82, 2.24) is 20.2 Å². The molecular weight excluding hydrogens is 582 g/mol. The van der Waals surface area contributed by atoms with Crippen LogP contribution in [0.2, 0.25) is 4.34 Å². The van der Waals surface area contributed by atoms with Gasteiger partial charge in [0.05, 0.1) is 0 Å². The molecule has 7 N–H and O–H groups in total. The van der Waals surface area contributed by atoms with E-state index in [0.29, 0.717) is 17.2 Å². The number of carboxylic acid groups (broad SMARTS) is 1. The van der Waals surface area contributed by atoms with E-state index in [1.54, 1.807) is 30.2 Å².